The van der Waals surface area contributed by atoms with Gasteiger partial charge in [-0.2, -0.15) is 0 Å². The van der Waals surface area contributed by atoms with Crippen LogP contribution in [0.2, 0.25) is 5.02 Å². The van der Waals surface area contributed by atoms with E-state index in [9.17, 15) is 4.79 Å². The highest BCUT2D eigenvalue weighted by molar-refractivity contribution is 7.99. The molecular formula is C9H8ClN5O2S. The Morgan fingerprint density at radius 3 is 3.06 bits per heavy atom. The van der Waals surface area contributed by atoms with Crippen molar-refractivity contribution in [3.8, 4) is 0 Å². The third-order valence-corrected chi connectivity index (χ3v) is 3.05. The molecule has 0 amide bonds. The molecule has 0 radical (unpaired) electrons. The van der Waals surface area contributed by atoms with Gasteiger partial charge < -0.3 is 4.74 Å². The minimum absolute atomic E-state index is 0.0422. The summed E-state index contributed by atoms with van der Waals surface area (Å²) in [5.74, 6) is -0.423. The van der Waals surface area contributed by atoms with Crippen molar-refractivity contribution in [2.24, 2.45) is 0 Å². The second-order valence-corrected chi connectivity index (χ2v) is 4.54. The van der Waals surface area contributed by atoms with Gasteiger partial charge in [0.1, 0.15) is 11.6 Å². The van der Waals surface area contributed by atoms with E-state index in [2.05, 4.69) is 25.2 Å². The first-order chi connectivity index (χ1) is 8.69. The maximum absolute atomic E-state index is 11.1. The molecule has 0 aliphatic heterocycles. The van der Waals surface area contributed by atoms with Crippen molar-refractivity contribution in [3.63, 3.8) is 0 Å². The third kappa shape index (κ3) is 3.17. The van der Waals surface area contributed by atoms with E-state index >= 15 is 0 Å². The van der Waals surface area contributed by atoms with Crippen LogP contribution in [0.3, 0.4) is 0 Å². The molecular weight excluding hydrogens is 278 g/mol. The fourth-order valence-corrected chi connectivity index (χ4v) is 1.90. The number of halogens is 1. The van der Waals surface area contributed by atoms with Crippen LogP contribution >= 0.6 is 23.4 Å². The molecule has 7 nitrogen and oxygen atoms in total. The average molecular weight is 286 g/mol. The predicted octanol–water partition coefficient (Wildman–Crippen LogP) is 1.05. The summed E-state index contributed by atoms with van der Waals surface area (Å²) in [5.41, 5.74) is 0. The fraction of sp³-hybridized carbons (Fsp3) is 0.222. The Kier molecular flexibility index (Phi) is 4.11. The molecule has 0 fully saturated rings. The van der Waals surface area contributed by atoms with Crippen LogP contribution in [0.15, 0.2) is 28.5 Å². The van der Waals surface area contributed by atoms with Crippen LogP contribution in [0.1, 0.15) is 0 Å². The van der Waals surface area contributed by atoms with Gasteiger partial charge >= 0.3 is 5.97 Å². The predicted molar refractivity (Wildman–Crippen MR) is 63.2 cm³/mol. The van der Waals surface area contributed by atoms with Crippen molar-refractivity contribution in [1.82, 2.24) is 25.2 Å². The molecule has 0 spiro atoms. The third-order valence-electron chi connectivity index (χ3n) is 1.90. The first-order valence-electron chi connectivity index (χ1n) is 4.81. The summed E-state index contributed by atoms with van der Waals surface area (Å²) >= 11 is 6.97. The van der Waals surface area contributed by atoms with E-state index in [1.165, 1.54) is 29.8 Å². The van der Waals surface area contributed by atoms with Crippen molar-refractivity contribution < 1.29 is 9.53 Å². The molecule has 0 saturated carbocycles. The molecule has 18 heavy (non-hydrogen) atoms. The standard InChI is InChI=1S/C9H8ClN5O2S/c1-17-8(16)5-15-9(12-13-14-15)18-7-3-2-6(10)4-11-7/h2-4H,5H2,1H3. The molecule has 0 saturated heterocycles. The SMILES string of the molecule is COC(=O)Cn1nnnc1Sc1ccc(Cl)cn1. The van der Waals surface area contributed by atoms with Gasteiger partial charge in [0.15, 0.2) is 0 Å². The van der Waals surface area contributed by atoms with Crippen molar-refractivity contribution in [2.45, 2.75) is 16.7 Å². The summed E-state index contributed by atoms with van der Waals surface area (Å²) in [6.45, 7) is -0.0422. The molecule has 0 unspecified atom stereocenters. The summed E-state index contributed by atoms with van der Waals surface area (Å²) in [6.07, 6.45) is 1.53. The van der Waals surface area contributed by atoms with Crippen molar-refractivity contribution in [1.29, 1.82) is 0 Å². The van der Waals surface area contributed by atoms with Gasteiger partial charge in [-0.15, -0.1) is 5.10 Å². The number of rotatable bonds is 4. The van der Waals surface area contributed by atoms with Gasteiger partial charge in [0.05, 0.1) is 12.1 Å². The summed E-state index contributed by atoms with van der Waals surface area (Å²) in [5, 5.41) is 12.7. The van der Waals surface area contributed by atoms with E-state index in [0.717, 1.165) is 0 Å². The number of hydrogen-bond acceptors (Lipinski definition) is 7. The average Bonchev–Trinajstić information content (AvgIpc) is 2.79. The van der Waals surface area contributed by atoms with E-state index in [-0.39, 0.29) is 6.54 Å². The Morgan fingerprint density at radius 2 is 2.39 bits per heavy atom. The fourth-order valence-electron chi connectivity index (χ4n) is 1.07. The molecule has 9 heteroatoms. The number of carbonyl (C=O) groups is 1. The van der Waals surface area contributed by atoms with Gasteiger partial charge in [-0.3, -0.25) is 4.79 Å². The Balaban J connectivity index is 2.12. The molecule has 0 aliphatic rings. The largest absolute Gasteiger partial charge is 0.468 e. The molecule has 2 aromatic heterocycles. The molecule has 94 valence electrons. The lowest BCUT2D eigenvalue weighted by Gasteiger charge is -2.02. The summed E-state index contributed by atoms with van der Waals surface area (Å²) in [7, 11) is 1.31. The molecule has 0 atom stereocenters. The molecule has 0 bridgehead atoms. The van der Waals surface area contributed by atoms with Gasteiger partial charge in [-0.1, -0.05) is 11.6 Å². The molecule has 0 aromatic carbocycles. The van der Waals surface area contributed by atoms with E-state index in [1.54, 1.807) is 12.1 Å². The highest BCUT2D eigenvalue weighted by Gasteiger charge is 2.12. The Labute approximate surface area is 111 Å². The van der Waals surface area contributed by atoms with Gasteiger partial charge in [-0.05, 0) is 34.3 Å². The number of esters is 1. The normalized spacial score (nSPS) is 10.3. The minimum Gasteiger partial charge on any atom is -0.468 e. The molecule has 2 rings (SSSR count). The lowest BCUT2D eigenvalue weighted by atomic mass is 10.5. The van der Waals surface area contributed by atoms with E-state index in [0.29, 0.717) is 15.2 Å². The number of nitrogens with zero attached hydrogens (tertiary/aromatic N) is 5. The zero-order valence-electron chi connectivity index (χ0n) is 9.28. The van der Waals surface area contributed by atoms with Crippen LogP contribution in [-0.2, 0) is 16.1 Å². The highest BCUT2D eigenvalue weighted by atomic mass is 35.5. The first-order valence-corrected chi connectivity index (χ1v) is 6.01. The zero-order chi connectivity index (χ0) is 13.0. The van der Waals surface area contributed by atoms with Crippen LogP contribution in [0, 0.1) is 0 Å². The lowest BCUT2D eigenvalue weighted by molar-refractivity contribution is -0.141. The number of ether oxygens (including phenoxy) is 1. The summed E-state index contributed by atoms with van der Waals surface area (Å²) in [6, 6.07) is 3.45. The monoisotopic (exact) mass is 285 g/mol. The second-order valence-electron chi connectivity index (χ2n) is 3.11. The number of methoxy groups -OCH3 is 1. The zero-order valence-corrected chi connectivity index (χ0v) is 10.9. The van der Waals surface area contributed by atoms with Crippen LogP contribution in [-0.4, -0.2) is 38.3 Å². The van der Waals surface area contributed by atoms with Gasteiger partial charge in [0.25, 0.3) is 0 Å². The first kappa shape index (κ1) is 12.8. The number of tetrazole rings is 1. The Bertz CT molecular complexity index is 544. The summed E-state index contributed by atoms with van der Waals surface area (Å²) < 4.78 is 5.89. The van der Waals surface area contributed by atoms with Crippen LogP contribution in [0.25, 0.3) is 0 Å². The topological polar surface area (TPSA) is 82.8 Å². The van der Waals surface area contributed by atoms with E-state index in [4.69, 9.17) is 11.6 Å². The van der Waals surface area contributed by atoms with E-state index < -0.39 is 5.97 Å². The molecule has 0 N–H and O–H groups in total. The quantitative estimate of drug-likeness (QED) is 0.776. The molecule has 2 heterocycles. The Morgan fingerprint density at radius 1 is 1.56 bits per heavy atom. The maximum atomic E-state index is 11.1. The Hall–Kier alpha value is -1.67. The smallest absolute Gasteiger partial charge is 0.327 e. The van der Waals surface area contributed by atoms with E-state index in [1.807, 2.05) is 0 Å². The van der Waals surface area contributed by atoms with Crippen LogP contribution in [0.4, 0.5) is 0 Å². The van der Waals surface area contributed by atoms with Gasteiger partial charge in [-0.25, -0.2) is 9.67 Å². The van der Waals surface area contributed by atoms with Crippen LogP contribution < -0.4 is 0 Å². The van der Waals surface area contributed by atoms with Gasteiger partial charge in [0, 0.05) is 6.20 Å². The van der Waals surface area contributed by atoms with Crippen molar-refractivity contribution in [3.05, 3.63) is 23.4 Å². The van der Waals surface area contributed by atoms with Crippen LogP contribution in [0.5, 0.6) is 0 Å². The van der Waals surface area contributed by atoms with Crippen molar-refractivity contribution in [2.75, 3.05) is 7.11 Å². The minimum atomic E-state index is -0.423. The number of pyridine rings is 1. The van der Waals surface area contributed by atoms with Crippen molar-refractivity contribution >= 4 is 29.3 Å². The number of aromatic nitrogens is 5. The number of hydrogen-bond donors (Lipinski definition) is 0. The maximum Gasteiger partial charge on any atom is 0.327 e. The molecule has 2 aromatic rings. The number of carbonyl (C=O) groups excluding carboxylic acids is 1. The highest BCUT2D eigenvalue weighted by Crippen LogP contribution is 2.23. The second kappa shape index (κ2) is 5.78. The summed E-state index contributed by atoms with van der Waals surface area (Å²) in [4.78, 5) is 15.2. The lowest BCUT2D eigenvalue weighted by Crippen LogP contribution is -2.13. The molecule has 0 aliphatic carbocycles. The van der Waals surface area contributed by atoms with Gasteiger partial charge in [0.2, 0.25) is 5.16 Å².